The predicted molar refractivity (Wildman–Crippen MR) is 53.9 cm³/mol. The first-order valence-electron chi connectivity index (χ1n) is 4.20. The van der Waals surface area contributed by atoms with E-state index < -0.39 is 0 Å². The molecule has 0 amide bonds. The van der Waals surface area contributed by atoms with Gasteiger partial charge >= 0.3 is 5.97 Å². The zero-order chi connectivity index (χ0) is 10.3. The third-order valence-corrected chi connectivity index (χ3v) is 2.13. The highest BCUT2D eigenvalue weighted by atomic mass is 32.1. The Morgan fingerprint density at radius 3 is 2.62 bits per heavy atom. The molecule has 1 aromatic heterocycles. The minimum atomic E-state index is -0.214. The van der Waals surface area contributed by atoms with Crippen LogP contribution in [0.4, 0.5) is 0 Å². The molecule has 0 unspecified atom stereocenters. The SMILES string of the molecule is CC.COC(=O)Cc1cnc(C)s1. The second kappa shape index (κ2) is 6.60. The third-order valence-electron chi connectivity index (χ3n) is 1.22. The third kappa shape index (κ3) is 4.62. The number of esters is 1. The summed E-state index contributed by atoms with van der Waals surface area (Å²) in [6.07, 6.45) is 2.04. The summed E-state index contributed by atoms with van der Waals surface area (Å²) < 4.78 is 4.50. The van der Waals surface area contributed by atoms with Crippen LogP contribution in [0.15, 0.2) is 6.20 Å². The normalized spacial score (nSPS) is 8.62. The largest absolute Gasteiger partial charge is 0.469 e. The van der Waals surface area contributed by atoms with Crippen molar-refractivity contribution in [1.29, 1.82) is 0 Å². The summed E-state index contributed by atoms with van der Waals surface area (Å²) in [4.78, 5) is 15.7. The number of hydrogen-bond donors (Lipinski definition) is 0. The molecule has 0 aliphatic rings. The van der Waals surface area contributed by atoms with Gasteiger partial charge in [-0.05, 0) is 6.92 Å². The number of ether oxygens (including phenoxy) is 1. The lowest BCUT2D eigenvalue weighted by atomic mass is 10.4. The molecule has 1 rings (SSSR count). The van der Waals surface area contributed by atoms with Crippen LogP contribution in [0.25, 0.3) is 0 Å². The van der Waals surface area contributed by atoms with E-state index >= 15 is 0 Å². The molecule has 0 saturated carbocycles. The van der Waals surface area contributed by atoms with Gasteiger partial charge in [-0.1, -0.05) is 13.8 Å². The molecule has 3 nitrogen and oxygen atoms in total. The average Bonchev–Trinajstić information content (AvgIpc) is 2.54. The molecular formula is C9H15NO2S. The Labute approximate surface area is 82.8 Å². The van der Waals surface area contributed by atoms with E-state index in [0.717, 1.165) is 9.88 Å². The van der Waals surface area contributed by atoms with Crippen molar-refractivity contribution in [3.8, 4) is 0 Å². The summed E-state index contributed by atoms with van der Waals surface area (Å²) >= 11 is 1.52. The zero-order valence-electron chi connectivity index (χ0n) is 8.46. The molecule has 0 spiro atoms. The van der Waals surface area contributed by atoms with Gasteiger partial charge in [-0.25, -0.2) is 4.98 Å². The number of thiazole rings is 1. The molecule has 0 atom stereocenters. The van der Waals surface area contributed by atoms with Crippen LogP contribution in [0.5, 0.6) is 0 Å². The average molecular weight is 201 g/mol. The molecule has 0 bridgehead atoms. The Hall–Kier alpha value is -0.900. The van der Waals surface area contributed by atoms with Gasteiger partial charge in [0, 0.05) is 11.1 Å². The zero-order valence-corrected chi connectivity index (χ0v) is 9.27. The fourth-order valence-corrected chi connectivity index (χ4v) is 1.48. The summed E-state index contributed by atoms with van der Waals surface area (Å²) in [6.45, 7) is 5.91. The van der Waals surface area contributed by atoms with E-state index in [0.29, 0.717) is 6.42 Å². The van der Waals surface area contributed by atoms with Gasteiger partial charge in [0.25, 0.3) is 0 Å². The van der Waals surface area contributed by atoms with Crippen LogP contribution >= 0.6 is 11.3 Å². The molecule has 0 saturated heterocycles. The number of aryl methyl sites for hydroxylation is 1. The first-order chi connectivity index (χ1) is 6.22. The van der Waals surface area contributed by atoms with E-state index in [2.05, 4.69) is 9.72 Å². The van der Waals surface area contributed by atoms with Crippen LogP contribution in [0.3, 0.4) is 0 Å². The Balaban J connectivity index is 0.000000671. The van der Waals surface area contributed by atoms with Crippen molar-refractivity contribution < 1.29 is 9.53 Å². The highest BCUT2D eigenvalue weighted by molar-refractivity contribution is 7.11. The molecular weight excluding hydrogens is 186 g/mol. The fourth-order valence-electron chi connectivity index (χ4n) is 0.701. The number of carbonyl (C=O) groups is 1. The number of hydrogen-bond acceptors (Lipinski definition) is 4. The van der Waals surface area contributed by atoms with Gasteiger partial charge in [0.15, 0.2) is 0 Å². The molecule has 0 aliphatic carbocycles. The molecule has 0 aromatic carbocycles. The van der Waals surface area contributed by atoms with E-state index in [-0.39, 0.29) is 5.97 Å². The Morgan fingerprint density at radius 2 is 2.23 bits per heavy atom. The van der Waals surface area contributed by atoms with Crippen molar-refractivity contribution in [3.05, 3.63) is 16.1 Å². The van der Waals surface area contributed by atoms with Crippen LogP contribution in [-0.2, 0) is 16.0 Å². The van der Waals surface area contributed by atoms with Gasteiger partial charge in [-0.3, -0.25) is 4.79 Å². The van der Waals surface area contributed by atoms with Crippen molar-refractivity contribution in [3.63, 3.8) is 0 Å². The second-order valence-corrected chi connectivity index (χ2v) is 3.42. The molecule has 1 aromatic rings. The number of carbonyl (C=O) groups excluding carboxylic acids is 1. The molecule has 4 heteroatoms. The van der Waals surface area contributed by atoms with Gasteiger partial charge in [-0.15, -0.1) is 11.3 Å². The van der Waals surface area contributed by atoms with E-state index in [1.807, 2.05) is 20.8 Å². The molecule has 13 heavy (non-hydrogen) atoms. The van der Waals surface area contributed by atoms with Crippen LogP contribution in [0, 0.1) is 6.92 Å². The lowest BCUT2D eigenvalue weighted by molar-refractivity contribution is -0.139. The number of rotatable bonds is 2. The summed E-state index contributed by atoms with van der Waals surface area (Å²) in [7, 11) is 1.39. The van der Waals surface area contributed by atoms with Crippen LogP contribution in [0.2, 0.25) is 0 Å². The number of methoxy groups -OCH3 is 1. The quantitative estimate of drug-likeness (QED) is 0.688. The minimum absolute atomic E-state index is 0.214. The molecule has 0 aliphatic heterocycles. The van der Waals surface area contributed by atoms with Crippen molar-refractivity contribution in [2.45, 2.75) is 27.2 Å². The maximum absolute atomic E-state index is 10.7. The number of aromatic nitrogens is 1. The Bertz CT molecular complexity index is 258. The topological polar surface area (TPSA) is 39.2 Å². The van der Waals surface area contributed by atoms with E-state index in [1.165, 1.54) is 18.4 Å². The smallest absolute Gasteiger partial charge is 0.310 e. The highest BCUT2D eigenvalue weighted by Crippen LogP contribution is 2.11. The first-order valence-corrected chi connectivity index (χ1v) is 5.02. The van der Waals surface area contributed by atoms with Crippen molar-refractivity contribution in [2.24, 2.45) is 0 Å². The van der Waals surface area contributed by atoms with Crippen molar-refractivity contribution in [2.75, 3.05) is 7.11 Å². The van der Waals surface area contributed by atoms with Gasteiger partial charge in [0.1, 0.15) is 0 Å². The van der Waals surface area contributed by atoms with E-state index in [9.17, 15) is 4.79 Å². The van der Waals surface area contributed by atoms with E-state index in [4.69, 9.17) is 0 Å². The summed E-state index contributed by atoms with van der Waals surface area (Å²) in [5.41, 5.74) is 0. The van der Waals surface area contributed by atoms with Gasteiger partial charge in [-0.2, -0.15) is 0 Å². The molecule has 0 radical (unpaired) electrons. The molecule has 0 fully saturated rings. The van der Waals surface area contributed by atoms with Gasteiger partial charge < -0.3 is 4.74 Å². The standard InChI is InChI=1S/C7H9NO2S.C2H6/c1-5-8-4-6(11-5)3-7(9)10-2;1-2/h4H,3H2,1-2H3;1-2H3. The summed E-state index contributed by atoms with van der Waals surface area (Å²) in [5, 5.41) is 0.976. The molecule has 74 valence electrons. The first kappa shape index (κ1) is 12.1. The summed E-state index contributed by atoms with van der Waals surface area (Å²) in [6, 6.07) is 0. The van der Waals surface area contributed by atoms with Gasteiger partial charge in [0.05, 0.1) is 18.5 Å². The lowest BCUT2D eigenvalue weighted by Crippen LogP contribution is -2.02. The summed E-state index contributed by atoms with van der Waals surface area (Å²) in [5.74, 6) is -0.214. The van der Waals surface area contributed by atoms with Crippen LogP contribution in [-0.4, -0.2) is 18.1 Å². The Morgan fingerprint density at radius 1 is 1.62 bits per heavy atom. The maximum atomic E-state index is 10.7. The Kier molecular flexibility index (Phi) is 6.14. The van der Waals surface area contributed by atoms with Gasteiger partial charge in [0.2, 0.25) is 0 Å². The lowest BCUT2D eigenvalue weighted by Gasteiger charge is -1.92. The van der Waals surface area contributed by atoms with Crippen molar-refractivity contribution in [1.82, 2.24) is 4.98 Å². The number of nitrogens with zero attached hydrogens (tertiary/aromatic N) is 1. The van der Waals surface area contributed by atoms with E-state index in [1.54, 1.807) is 6.20 Å². The highest BCUT2D eigenvalue weighted by Gasteiger charge is 2.04. The fraction of sp³-hybridized carbons (Fsp3) is 0.556. The monoisotopic (exact) mass is 201 g/mol. The van der Waals surface area contributed by atoms with Crippen LogP contribution < -0.4 is 0 Å². The molecule has 0 N–H and O–H groups in total. The molecule has 1 heterocycles. The maximum Gasteiger partial charge on any atom is 0.310 e. The van der Waals surface area contributed by atoms with Crippen molar-refractivity contribution >= 4 is 17.3 Å². The minimum Gasteiger partial charge on any atom is -0.469 e. The second-order valence-electron chi connectivity index (χ2n) is 2.10. The predicted octanol–water partition coefficient (Wildman–Crippen LogP) is 2.19. The van der Waals surface area contributed by atoms with Crippen LogP contribution in [0.1, 0.15) is 23.7 Å².